The number of aliphatic imine (C=N–C) groups is 1. The monoisotopic (exact) mass is 1690 g/mol. The summed E-state index contributed by atoms with van der Waals surface area (Å²) in [7, 11) is 6.22. The number of Topliss-reactive ketones (excluding diaryl/α,β-unsaturated/α-hetero) is 3. The molecule has 2 saturated heterocycles. The second kappa shape index (κ2) is 38.4. The number of fused-ring (bicyclic) bond motifs is 7. The number of benzene rings is 3. The Morgan fingerprint density at radius 1 is 0.858 bits per heavy atom. The van der Waals surface area contributed by atoms with Gasteiger partial charge in [0.15, 0.2) is 34.3 Å². The number of aliphatic hydroxyl groups is 3. The van der Waals surface area contributed by atoms with Gasteiger partial charge < -0.3 is 77.1 Å². The van der Waals surface area contributed by atoms with Gasteiger partial charge in [-0.1, -0.05) is 79.6 Å². The number of rotatable bonds is 38. The number of ether oxygens (including phenoxy) is 3. The van der Waals surface area contributed by atoms with Crippen molar-refractivity contribution in [3.63, 3.8) is 0 Å². The van der Waals surface area contributed by atoms with Crippen molar-refractivity contribution in [1.29, 1.82) is 0 Å². The van der Waals surface area contributed by atoms with Crippen LogP contribution in [0.1, 0.15) is 162 Å². The molecule has 1 spiro atoms. The van der Waals surface area contributed by atoms with Crippen molar-refractivity contribution in [1.82, 2.24) is 61.5 Å². The van der Waals surface area contributed by atoms with E-state index in [1.165, 1.54) is 27.8 Å². The van der Waals surface area contributed by atoms with E-state index in [4.69, 9.17) is 25.7 Å². The smallest absolute Gasteiger partial charge is 0.426 e. The Morgan fingerprint density at radius 2 is 1.62 bits per heavy atom. The Morgan fingerprint density at radius 3 is 2.37 bits per heavy atom. The first-order chi connectivity index (χ1) is 57.5. The number of aryl methyl sites for hydroxylation is 1. The molecule has 1 unspecified atom stereocenters. The highest BCUT2D eigenvalue weighted by Gasteiger charge is 2.79. The zero-order valence-electron chi connectivity index (χ0n) is 69.3. The molecule has 646 valence electrons. The molecule has 1 aliphatic carbocycles. The molecule has 6 aliphatic rings. The third-order valence-electron chi connectivity index (χ3n) is 25.2. The van der Waals surface area contributed by atoms with Gasteiger partial charge in [-0.2, -0.15) is 0 Å². The van der Waals surface area contributed by atoms with Crippen molar-refractivity contribution in [3.05, 3.63) is 129 Å². The number of guanidine groups is 1. The molecule has 0 radical (unpaired) electrons. The molecule has 3 aromatic carbocycles. The highest BCUT2D eigenvalue weighted by Crippen LogP contribution is 2.68. The summed E-state index contributed by atoms with van der Waals surface area (Å²) in [5.74, 6) is -3.56. The van der Waals surface area contributed by atoms with E-state index in [2.05, 4.69) is 84.0 Å². The number of hydrogen-bond acceptors (Lipinski definition) is 26. The zero-order chi connectivity index (χ0) is 86.0. The van der Waals surface area contributed by atoms with Crippen LogP contribution in [0, 0.1) is 30.1 Å². The topological polar surface area (TPSA) is 476 Å². The van der Waals surface area contributed by atoms with Crippen LogP contribution in [0.5, 0.6) is 5.75 Å². The summed E-state index contributed by atoms with van der Waals surface area (Å²) in [5, 5.41) is 51.4. The van der Waals surface area contributed by atoms with Crippen LogP contribution in [0.15, 0.2) is 88.8 Å². The van der Waals surface area contributed by atoms with Gasteiger partial charge in [-0.15, -0.1) is 0 Å². The van der Waals surface area contributed by atoms with Crippen LogP contribution in [0.25, 0.3) is 22.1 Å². The molecule has 120 heavy (non-hydrogen) atoms. The maximum Gasteiger partial charge on any atom is 0.426 e. The number of methoxy groups -OCH3 is 1. The first-order valence-corrected chi connectivity index (χ1v) is 43.9. The quantitative estimate of drug-likeness (QED) is 0.00454. The number of amides is 5. The number of piperidine rings is 1. The van der Waals surface area contributed by atoms with Crippen molar-refractivity contribution in [2.24, 2.45) is 39.6 Å². The number of carbonyl (C=O) groups excluding carboxylic acids is 9. The lowest BCUT2D eigenvalue weighted by Crippen LogP contribution is -2.82. The number of anilines is 2. The molecule has 3 fully saturated rings. The molecule has 6 aromatic rings. The Hall–Kier alpha value is -10.0. The molecule has 15 N–H and O–H groups in total. The van der Waals surface area contributed by atoms with E-state index in [0.29, 0.717) is 143 Å². The number of ketones is 3. The normalized spacial score (nSPS) is 24.9. The maximum absolute atomic E-state index is 15.3. The summed E-state index contributed by atoms with van der Waals surface area (Å²) in [6.07, 6.45) is 6.72. The van der Waals surface area contributed by atoms with E-state index >= 15 is 4.79 Å². The number of para-hydroxylation sites is 1. The molecule has 2 bridgehead atoms. The Labute approximate surface area is 704 Å². The minimum absolute atomic E-state index is 0.0662. The van der Waals surface area contributed by atoms with Crippen LogP contribution in [0.3, 0.4) is 0 Å². The van der Waals surface area contributed by atoms with E-state index in [9.17, 15) is 58.5 Å². The summed E-state index contributed by atoms with van der Waals surface area (Å²) in [5.41, 5.74) is 15.7. The van der Waals surface area contributed by atoms with Gasteiger partial charge in [-0.05, 0) is 138 Å². The van der Waals surface area contributed by atoms with Crippen molar-refractivity contribution >= 4 is 115 Å². The van der Waals surface area contributed by atoms with Crippen molar-refractivity contribution in [2.45, 2.75) is 190 Å². The number of aliphatic hydroxyl groups excluding tert-OH is 1. The van der Waals surface area contributed by atoms with Crippen LogP contribution in [-0.2, 0) is 66.8 Å². The molecular formula is C85H113N17O16S2. The summed E-state index contributed by atoms with van der Waals surface area (Å²) in [6.45, 7) is 14.3. The van der Waals surface area contributed by atoms with Gasteiger partial charge in [0, 0.05) is 157 Å². The number of H-pyrrole nitrogens is 2. The van der Waals surface area contributed by atoms with Gasteiger partial charge in [0.2, 0.25) is 11.8 Å². The zero-order valence-corrected chi connectivity index (χ0v) is 71.0. The molecule has 1 saturated carbocycles. The predicted molar refractivity (Wildman–Crippen MR) is 456 cm³/mol. The molecule has 33 nitrogen and oxygen atoms in total. The summed E-state index contributed by atoms with van der Waals surface area (Å²) < 4.78 is 18.0. The highest BCUT2D eigenvalue weighted by molar-refractivity contribution is 8.76. The van der Waals surface area contributed by atoms with Crippen LogP contribution >= 0.6 is 21.6 Å². The Balaban J connectivity index is 0.592. The van der Waals surface area contributed by atoms with Crippen LogP contribution in [0.2, 0.25) is 0 Å². The van der Waals surface area contributed by atoms with E-state index in [1.54, 1.807) is 66.1 Å². The van der Waals surface area contributed by atoms with E-state index in [0.717, 1.165) is 33.3 Å². The standard InChI is InChI=1S/C85H113N17O16S2/c1-9-81(114)41-53-42-83(47-117-48-103,69-59(26-32-101(45-53)46-81)58-18-11-12-19-62(58)96-69)61-39-60-64(40-67(61)116-8)100(7)76-84(60)28-33-102-31-16-27-82(10-2,75(84)102)77(111)85(76,115)78(112)98-99-80(113)118-34-36-120-119-35-15-21-65(105)51(5)92-71(107)50(4)38-66(106)63(20-14-30-89-79(86)87)97-72(108)49(3)37-57(104)17-13-29-88-73(109)54-22-24-55(25-23-54)90-43-56-44-91-70-68(95-56)74(110)94-52(6)93-70/h11-12,16,18-19,22-25,27,39-40,44,48-51,53,63,75-77,90,96,111,114-115H,9-10,13-15,17,20-21,26,28-38,41-43,45-47H2,1-8H3,(H,88,109)(H,92,107)(H,97,108)(H,98,112)(H,99,113)(H4,86,87,89)(H,91,93,94,110)/t49-,50-,51+,53-,63+,75+,76-,77-,81+,82-,83+,84-,85+/m1/s1. The van der Waals surface area contributed by atoms with Gasteiger partial charge in [-0.25, -0.2) is 25.2 Å². The maximum atomic E-state index is 15.3. The van der Waals surface area contributed by atoms with Crippen LogP contribution in [-0.4, -0.2) is 236 Å². The number of nitrogens with zero attached hydrogens (tertiary/aromatic N) is 7. The molecule has 5 aliphatic heterocycles. The molecule has 3 aromatic heterocycles. The fraction of sp³-hybridized carbons (Fsp3) is 0.553. The second-order valence-corrected chi connectivity index (χ2v) is 35.8. The van der Waals surface area contributed by atoms with E-state index in [-0.39, 0.29) is 111 Å². The molecule has 8 heterocycles. The highest BCUT2D eigenvalue weighted by atomic mass is 33.1. The van der Waals surface area contributed by atoms with Crippen molar-refractivity contribution in [2.75, 3.05) is 94.9 Å². The predicted octanol–water partition coefficient (Wildman–Crippen LogP) is 5.13. The largest absolute Gasteiger partial charge is 0.496 e. The lowest BCUT2D eigenvalue weighted by atomic mass is 9.47. The number of likely N-dealkylation sites (N-methyl/N-ethyl adjacent to an activating group) is 1. The fourth-order valence-electron chi connectivity index (χ4n) is 19.5. The van der Waals surface area contributed by atoms with Crippen LogP contribution < -0.4 is 58.8 Å². The van der Waals surface area contributed by atoms with Crippen molar-refractivity contribution in [3.8, 4) is 5.75 Å². The second-order valence-electron chi connectivity index (χ2n) is 33.1. The number of aromatic nitrogens is 5. The Kier molecular flexibility index (Phi) is 28.5. The van der Waals surface area contributed by atoms with Gasteiger partial charge in [-0.3, -0.25) is 63.4 Å². The Bertz CT molecular complexity index is 4930. The average molecular weight is 1690 g/mol. The number of hydrazine groups is 1. The van der Waals surface area contributed by atoms with Gasteiger partial charge in [0.1, 0.15) is 36.7 Å². The fourth-order valence-corrected chi connectivity index (χ4v) is 21.4. The molecular weight excluding hydrogens is 1580 g/mol. The van der Waals surface area contributed by atoms with Crippen LogP contribution in [0.4, 0.5) is 16.2 Å². The van der Waals surface area contributed by atoms with Gasteiger partial charge in [0.05, 0.1) is 54.7 Å². The molecule has 12 rings (SSSR count). The summed E-state index contributed by atoms with van der Waals surface area (Å²) in [4.78, 5) is 164. The SMILES string of the molecule is CC[C@]1(O)C[C@H]2CN(CCc3c([nH]c4ccccc34)[C@@](COC=O)(c3cc4c(cc3OC)N(C)[C@H]3[C@@](O)(C(=O)NNC(=O)OCCSSCCCC(=O)[C@H](C)NC(=O)[C@H](C)CC(=O)[C@H](CCCN=C(N)N)NC(=O)[C@H](C)CC(=O)CCCNC(=O)c5ccc(NCc6cnc7nc(C)[nH]c(=O)c7n6)cc5)[C@H](O)[C@]5(CC)C=CCN6CC[C@]43[C@@H]65)C2)C1. The van der Waals surface area contributed by atoms with Gasteiger partial charge in [0.25, 0.3) is 23.8 Å². The molecule has 14 atom stereocenters. The van der Waals surface area contributed by atoms with Gasteiger partial charge >= 0.3 is 6.09 Å². The molecule has 5 amide bonds. The van der Waals surface area contributed by atoms with Crippen molar-refractivity contribution < 1.29 is 72.7 Å². The minimum atomic E-state index is -2.58. The number of aromatic amines is 2. The van der Waals surface area contributed by atoms with E-state index < -0.39 is 99.2 Å². The summed E-state index contributed by atoms with van der Waals surface area (Å²) >= 11 is 0. The first kappa shape index (κ1) is 89.2. The number of nitrogens with one attached hydrogen (secondary N) is 8. The summed E-state index contributed by atoms with van der Waals surface area (Å²) in [6, 6.07) is 15.5. The number of hydrogen-bond donors (Lipinski definition) is 13. The average Bonchev–Trinajstić information content (AvgIpc) is 1.47. The third-order valence-corrected chi connectivity index (χ3v) is 27.6. The van der Waals surface area contributed by atoms with E-state index in [1.807, 2.05) is 55.2 Å². The minimum Gasteiger partial charge on any atom is -0.496 e. The number of carbonyl (C=O) groups is 9. The molecule has 35 heteroatoms. The first-order valence-electron chi connectivity index (χ1n) is 41.4. The number of nitrogens with two attached hydrogens (primary N) is 2. The lowest BCUT2D eigenvalue weighted by Gasteiger charge is -2.63. The lowest BCUT2D eigenvalue weighted by molar-refractivity contribution is -0.204. The third kappa shape index (κ3) is 18.7.